The molecular weight excluding hydrogens is 880 g/mol. The molecule has 2 N–H and O–H groups in total. The molecule has 0 saturated heterocycles. The van der Waals surface area contributed by atoms with Crippen LogP contribution in [0.25, 0.3) is 0 Å². The van der Waals surface area contributed by atoms with Gasteiger partial charge in [-0.2, -0.15) is 0 Å². The first-order chi connectivity index (χ1) is 33.2. The summed E-state index contributed by atoms with van der Waals surface area (Å²) in [6.07, 6.45) is 53.3. The topological polar surface area (TPSA) is 155 Å². The van der Waals surface area contributed by atoms with Gasteiger partial charge in [-0.1, -0.05) is 204 Å². The zero-order chi connectivity index (χ0) is 49.9. The number of carbonyl (C=O) groups is 3. The van der Waals surface area contributed by atoms with E-state index in [9.17, 15) is 28.9 Å². The van der Waals surface area contributed by atoms with Gasteiger partial charge in [0.15, 0.2) is 6.10 Å². The molecule has 0 amide bonds. The molecule has 12 heteroatoms. The monoisotopic (exact) mass is 979 g/mol. The molecule has 3 unspecified atom stereocenters. The van der Waals surface area contributed by atoms with Crippen molar-refractivity contribution < 1.29 is 52.2 Å². The minimum atomic E-state index is -4.75. The van der Waals surface area contributed by atoms with Crippen LogP contribution in [0.5, 0.6) is 0 Å². The van der Waals surface area contributed by atoms with Gasteiger partial charge in [-0.05, 0) is 77.0 Å². The fourth-order valence-electron chi connectivity index (χ4n) is 7.27. The first kappa shape index (κ1) is 65.2. The Labute approximate surface area is 415 Å². The van der Waals surface area contributed by atoms with Crippen molar-refractivity contribution in [2.45, 2.75) is 251 Å². The third kappa shape index (κ3) is 48.2. The van der Waals surface area contributed by atoms with Crippen LogP contribution in [0.2, 0.25) is 0 Å². The second-order valence-electron chi connectivity index (χ2n) is 18.0. The summed E-state index contributed by atoms with van der Waals surface area (Å²) in [7, 11) is -4.75. The van der Waals surface area contributed by atoms with Crippen molar-refractivity contribution in [3.8, 4) is 0 Å². The molecule has 0 fully saturated rings. The number of rotatable bonds is 50. The number of phosphoric acid groups is 1. The van der Waals surface area contributed by atoms with E-state index in [1.807, 2.05) is 0 Å². The Bertz CT molecular complexity index is 1370. The molecule has 0 heterocycles. The lowest BCUT2D eigenvalue weighted by Crippen LogP contribution is -2.30. The number of aliphatic hydroxyl groups is 1. The Morgan fingerprint density at radius 3 is 1.26 bits per heavy atom. The van der Waals surface area contributed by atoms with Crippen LogP contribution in [0, 0.1) is 0 Å². The van der Waals surface area contributed by atoms with Gasteiger partial charge in [0, 0.05) is 19.3 Å². The third-order valence-corrected chi connectivity index (χ3v) is 12.4. The Balaban J connectivity index is 4.79. The highest BCUT2D eigenvalue weighted by Crippen LogP contribution is 2.43. The quantitative estimate of drug-likeness (QED) is 0.0197. The average molecular weight is 979 g/mol. The van der Waals surface area contributed by atoms with Gasteiger partial charge in [0.2, 0.25) is 0 Å². The molecular formula is C56H99O11P. The maximum Gasteiger partial charge on any atom is 0.472 e. The summed E-state index contributed by atoms with van der Waals surface area (Å²) in [6, 6.07) is 0. The fourth-order valence-corrected chi connectivity index (χ4v) is 8.05. The summed E-state index contributed by atoms with van der Waals surface area (Å²) in [6.45, 7) is 4.44. The number of aliphatic hydroxyl groups excluding tert-OH is 1. The number of phosphoric ester groups is 1. The molecule has 0 aromatic heterocycles. The van der Waals surface area contributed by atoms with E-state index in [1.54, 1.807) is 0 Å². The summed E-state index contributed by atoms with van der Waals surface area (Å²) in [5, 5.41) is 9.77. The van der Waals surface area contributed by atoms with Crippen molar-refractivity contribution in [3.05, 3.63) is 60.8 Å². The Hall–Kier alpha value is -2.82. The highest BCUT2D eigenvalue weighted by molar-refractivity contribution is 7.47. The summed E-state index contributed by atoms with van der Waals surface area (Å²) in [4.78, 5) is 48.3. The van der Waals surface area contributed by atoms with Crippen LogP contribution in [0.1, 0.15) is 239 Å². The zero-order valence-electron chi connectivity index (χ0n) is 43.3. The van der Waals surface area contributed by atoms with Crippen molar-refractivity contribution in [2.75, 3.05) is 26.4 Å². The van der Waals surface area contributed by atoms with Crippen LogP contribution >= 0.6 is 7.82 Å². The molecule has 0 bridgehead atoms. The molecule has 0 aromatic rings. The highest BCUT2D eigenvalue weighted by Gasteiger charge is 2.28. The molecule has 0 aromatic carbocycles. The van der Waals surface area contributed by atoms with E-state index in [1.165, 1.54) is 83.5 Å². The number of allylic oxidation sites excluding steroid dienone is 10. The number of hydrogen-bond acceptors (Lipinski definition) is 10. The molecule has 0 spiro atoms. The summed E-state index contributed by atoms with van der Waals surface area (Å²) >= 11 is 0. The summed E-state index contributed by atoms with van der Waals surface area (Å²) < 4.78 is 39.3. The Morgan fingerprint density at radius 1 is 0.426 bits per heavy atom. The molecule has 0 rings (SSSR count). The zero-order valence-corrected chi connectivity index (χ0v) is 44.2. The predicted octanol–water partition coefficient (Wildman–Crippen LogP) is 15.6. The molecule has 0 saturated carbocycles. The van der Waals surface area contributed by atoms with Gasteiger partial charge in [0.05, 0.1) is 19.8 Å². The standard InChI is InChI=1S/C56H99O11P/c1-4-7-10-13-16-19-22-24-26-28-31-33-36-39-42-45-54(58)63-49-53(67-56(60)47-44-41-38-35-32-29-27-25-23-20-17-14-11-8-5-2)51-65-68(61,62)64-50-52(48-57)66-55(59)46-43-40-37-34-30-21-18-15-12-9-6-3/h8,11,15,17-18,20,25,27,32,35,52-53,57H,4-7,9-10,12-14,16,19,21-24,26,28-31,33-34,36-51H2,1-3H3,(H,61,62)/b11-8-,18-15-,20-17-,27-25-,35-32-. The van der Waals surface area contributed by atoms with Gasteiger partial charge in [-0.15, -0.1) is 0 Å². The smallest absolute Gasteiger partial charge is 0.462 e. The van der Waals surface area contributed by atoms with Crippen molar-refractivity contribution in [2.24, 2.45) is 0 Å². The molecule has 0 aliphatic carbocycles. The Morgan fingerprint density at radius 2 is 0.779 bits per heavy atom. The average Bonchev–Trinajstić information content (AvgIpc) is 3.32. The summed E-state index contributed by atoms with van der Waals surface area (Å²) in [5.74, 6) is -1.52. The highest BCUT2D eigenvalue weighted by atomic mass is 31.2. The van der Waals surface area contributed by atoms with Crippen LogP contribution in [0.4, 0.5) is 0 Å². The van der Waals surface area contributed by atoms with Crippen LogP contribution in [-0.2, 0) is 42.2 Å². The van der Waals surface area contributed by atoms with Crippen molar-refractivity contribution in [3.63, 3.8) is 0 Å². The number of carbonyl (C=O) groups excluding carboxylic acids is 3. The van der Waals surface area contributed by atoms with E-state index < -0.39 is 57.8 Å². The number of ether oxygens (including phenoxy) is 3. The Kier molecular flexibility index (Phi) is 48.5. The van der Waals surface area contributed by atoms with Gasteiger partial charge in [-0.25, -0.2) is 4.57 Å². The molecule has 394 valence electrons. The lowest BCUT2D eigenvalue weighted by Gasteiger charge is -2.21. The molecule has 68 heavy (non-hydrogen) atoms. The minimum absolute atomic E-state index is 0.116. The normalized spacial score (nSPS) is 13.9. The van der Waals surface area contributed by atoms with E-state index in [2.05, 4.69) is 81.5 Å². The van der Waals surface area contributed by atoms with Crippen molar-refractivity contribution in [1.29, 1.82) is 0 Å². The van der Waals surface area contributed by atoms with Crippen molar-refractivity contribution >= 4 is 25.7 Å². The SMILES string of the molecule is CC/C=C\C/C=C\C/C=C\C/C=C\CCCCC(=O)OC(COC(=O)CCCCCCCCCCCCCCCCC)COP(=O)(O)OCC(CO)OC(=O)CCCCCCC/C=C\CCCC. The number of esters is 3. The van der Waals surface area contributed by atoms with Crippen LogP contribution in [0.3, 0.4) is 0 Å². The van der Waals surface area contributed by atoms with Gasteiger partial charge in [0.25, 0.3) is 0 Å². The van der Waals surface area contributed by atoms with Gasteiger partial charge < -0.3 is 24.2 Å². The third-order valence-electron chi connectivity index (χ3n) is 11.4. The first-order valence-electron chi connectivity index (χ1n) is 27.2. The second kappa shape index (κ2) is 50.6. The van der Waals surface area contributed by atoms with Gasteiger partial charge in [-0.3, -0.25) is 23.4 Å². The van der Waals surface area contributed by atoms with E-state index in [4.69, 9.17) is 23.3 Å². The largest absolute Gasteiger partial charge is 0.472 e. The maximum atomic E-state index is 12.9. The molecule has 0 radical (unpaired) electrons. The summed E-state index contributed by atoms with van der Waals surface area (Å²) in [5.41, 5.74) is 0. The fraction of sp³-hybridized carbons (Fsp3) is 0.768. The van der Waals surface area contributed by atoms with Crippen LogP contribution in [0.15, 0.2) is 60.8 Å². The lowest BCUT2D eigenvalue weighted by atomic mass is 10.0. The predicted molar refractivity (Wildman–Crippen MR) is 279 cm³/mol. The second-order valence-corrected chi connectivity index (χ2v) is 19.5. The van der Waals surface area contributed by atoms with E-state index >= 15 is 0 Å². The molecule has 0 aliphatic heterocycles. The van der Waals surface area contributed by atoms with Gasteiger partial charge in [0.1, 0.15) is 12.7 Å². The van der Waals surface area contributed by atoms with E-state index in [-0.39, 0.29) is 25.9 Å². The van der Waals surface area contributed by atoms with Crippen LogP contribution in [-0.4, -0.2) is 66.5 Å². The minimum Gasteiger partial charge on any atom is -0.462 e. The lowest BCUT2D eigenvalue weighted by molar-refractivity contribution is -0.161. The molecule has 0 aliphatic rings. The maximum absolute atomic E-state index is 12.9. The molecule has 11 nitrogen and oxygen atoms in total. The van der Waals surface area contributed by atoms with Crippen LogP contribution < -0.4 is 0 Å². The van der Waals surface area contributed by atoms with Crippen molar-refractivity contribution in [1.82, 2.24) is 0 Å². The first-order valence-corrected chi connectivity index (χ1v) is 28.7. The van der Waals surface area contributed by atoms with E-state index in [0.29, 0.717) is 19.3 Å². The van der Waals surface area contributed by atoms with Gasteiger partial charge >= 0.3 is 25.7 Å². The van der Waals surface area contributed by atoms with E-state index in [0.717, 1.165) is 96.3 Å². The number of unbranched alkanes of at least 4 members (excludes halogenated alkanes) is 23. The molecule has 3 atom stereocenters. The number of hydrogen-bond donors (Lipinski definition) is 2.